The van der Waals surface area contributed by atoms with Gasteiger partial charge in [0.05, 0.1) is 39.2 Å². The lowest BCUT2D eigenvalue weighted by Gasteiger charge is -2.22. The van der Waals surface area contributed by atoms with Gasteiger partial charge in [-0.2, -0.15) is 26.3 Å². The number of nitrogens with zero attached hydrogens (tertiary/aromatic N) is 3. The number of hydrogen-bond donors (Lipinski definition) is 0. The molecule has 2 heterocycles. The van der Waals surface area contributed by atoms with Crippen molar-refractivity contribution in [1.29, 1.82) is 0 Å². The third kappa shape index (κ3) is 8.96. The van der Waals surface area contributed by atoms with E-state index in [9.17, 15) is 26.3 Å². The highest BCUT2D eigenvalue weighted by Crippen LogP contribution is 2.47. The van der Waals surface area contributed by atoms with Gasteiger partial charge in [-0.25, -0.2) is 9.97 Å². The largest absolute Gasteiger partial charge is 0.416 e. The highest BCUT2D eigenvalue weighted by Gasteiger charge is 2.33. The van der Waals surface area contributed by atoms with Crippen LogP contribution in [-0.4, -0.2) is 14.5 Å². The van der Waals surface area contributed by atoms with Crippen LogP contribution in [0.2, 0.25) is 0 Å². The van der Waals surface area contributed by atoms with E-state index in [4.69, 9.17) is 9.97 Å². The number of halogens is 6. The maximum absolute atomic E-state index is 14.9. The van der Waals surface area contributed by atoms with Gasteiger partial charge in [0.15, 0.2) is 5.82 Å². The summed E-state index contributed by atoms with van der Waals surface area (Å²) in [5.74, 6) is 0.392. The third-order valence-corrected chi connectivity index (χ3v) is 13.6. The van der Waals surface area contributed by atoms with Gasteiger partial charge >= 0.3 is 12.4 Å². The van der Waals surface area contributed by atoms with Crippen molar-refractivity contribution in [2.24, 2.45) is 0 Å². The highest BCUT2D eigenvalue weighted by molar-refractivity contribution is 6.13. The average molecular weight is 970 g/mol. The Kier molecular flexibility index (Phi) is 11.7. The molecule has 0 saturated heterocycles. The van der Waals surface area contributed by atoms with Crippen LogP contribution in [0.3, 0.4) is 0 Å². The Morgan fingerprint density at radius 3 is 1.22 bits per heavy atom. The second-order valence-corrected chi connectivity index (χ2v) is 18.7. The summed E-state index contributed by atoms with van der Waals surface area (Å²) < 4.78 is 91.1. The zero-order valence-corrected chi connectivity index (χ0v) is 40.2. The molecule has 11 aromatic rings. The van der Waals surface area contributed by atoms with Gasteiger partial charge in [-0.05, 0) is 139 Å². The van der Waals surface area contributed by atoms with Crippen molar-refractivity contribution in [3.05, 3.63) is 234 Å². The SMILES string of the molecule is Cc1ccc(-c2ccc3c(c2)c2cc(-c4ccc(C)cc4C)ccc2n3-c2c(-c3cccc(C(F)(F)F)c3)cc(-c3cc(-c4ccccc4)nc(-c4ccccc4)n3)cc2-c2cccc(C(F)(F)F)c2)c(C)c1. The van der Waals surface area contributed by atoms with E-state index in [2.05, 4.69) is 62.4 Å². The fourth-order valence-electron chi connectivity index (χ4n) is 10.1. The Bertz CT molecular complexity index is 3680. The number of aryl methyl sites for hydroxylation is 4. The van der Waals surface area contributed by atoms with Crippen LogP contribution in [0.5, 0.6) is 0 Å². The molecule has 0 saturated carbocycles. The molecular weight excluding hydrogens is 925 g/mol. The van der Waals surface area contributed by atoms with Crippen molar-refractivity contribution in [2.45, 2.75) is 40.0 Å². The quantitative estimate of drug-likeness (QED) is 0.142. The second-order valence-electron chi connectivity index (χ2n) is 18.7. The van der Waals surface area contributed by atoms with Crippen LogP contribution in [0.4, 0.5) is 26.3 Å². The van der Waals surface area contributed by atoms with Gasteiger partial charge in [-0.15, -0.1) is 0 Å². The van der Waals surface area contributed by atoms with E-state index in [1.165, 1.54) is 12.1 Å². The van der Waals surface area contributed by atoms with E-state index in [0.29, 0.717) is 50.6 Å². The maximum Gasteiger partial charge on any atom is 0.416 e. The van der Waals surface area contributed by atoms with Crippen LogP contribution in [0.1, 0.15) is 33.4 Å². The highest BCUT2D eigenvalue weighted by atomic mass is 19.4. The van der Waals surface area contributed by atoms with Crippen molar-refractivity contribution in [2.75, 3.05) is 0 Å². The Balaban J connectivity index is 1.29. The van der Waals surface area contributed by atoms with Crippen LogP contribution in [0, 0.1) is 27.7 Å². The van der Waals surface area contributed by atoms with Crippen molar-refractivity contribution in [1.82, 2.24) is 14.5 Å². The summed E-state index contributed by atoms with van der Waals surface area (Å²) in [6.07, 6.45) is -9.41. The van der Waals surface area contributed by atoms with E-state index in [-0.39, 0.29) is 11.1 Å². The molecule has 2 aromatic heterocycles. The molecule has 3 nitrogen and oxygen atoms in total. The molecule has 0 N–H and O–H groups in total. The number of alkyl halides is 6. The van der Waals surface area contributed by atoms with Crippen LogP contribution >= 0.6 is 0 Å². The van der Waals surface area contributed by atoms with Gasteiger partial charge in [0, 0.05) is 38.6 Å². The van der Waals surface area contributed by atoms with Gasteiger partial charge in [-0.3, -0.25) is 0 Å². The van der Waals surface area contributed by atoms with Gasteiger partial charge < -0.3 is 4.57 Å². The lowest BCUT2D eigenvalue weighted by molar-refractivity contribution is -0.138. The summed E-state index contributed by atoms with van der Waals surface area (Å²) in [6, 6.07) is 59.5. The summed E-state index contributed by atoms with van der Waals surface area (Å²) in [7, 11) is 0. The zero-order valence-electron chi connectivity index (χ0n) is 40.2. The van der Waals surface area contributed by atoms with E-state index in [1.807, 2.05) is 109 Å². The first-order valence-corrected chi connectivity index (χ1v) is 23.8. The molecular formula is C64H45F6N3. The molecule has 0 spiro atoms. The molecule has 0 radical (unpaired) electrons. The van der Waals surface area contributed by atoms with Gasteiger partial charge in [0.2, 0.25) is 0 Å². The molecule has 0 aliphatic carbocycles. The third-order valence-electron chi connectivity index (χ3n) is 13.6. The summed E-state index contributed by atoms with van der Waals surface area (Å²) in [5, 5.41) is 1.70. The molecule has 11 rings (SSSR count). The van der Waals surface area contributed by atoms with E-state index >= 15 is 0 Å². The maximum atomic E-state index is 14.9. The normalized spacial score (nSPS) is 12.0. The molecule has 0 unspecified atom stereocenters. The molecule has 0 fully saturated rings. The van der Waals surface area contributed by atoms with E-state index < -0.39 is 23.5 Å². The Morgan fingerprint density at radius 2 is 0.767 bits per heavy atom. The van der Waals surface area contributed by atoms with Crippen molar-refractivity contribution >= 4 is 21.8 Å². The molecule has 9 aromatic carbocycles. The smallest absolute Gasteiger partial charge is 0.308 e. The first-order chi connectivity index (χ1) is 35.1. The first kappa shape index (κ1) is 46.8. The van der Waals surface area contributed by atoms with Gasteiger partial charge in [-0.1, -0.05) is 145 Å². The van der Waals surface area contributed by atoms with Gasteiger partial charge in [0.1, 0.15) is 0 Å². The Labute approximate surface area is 418 Å². The predicted molar refractivity (Wildman–Crippen MR) is 283 cm³/mol. The van der Waals surface area contributed by atoms with E-state index in [1.54, 1.807) is 24.3 Å². The Hall–Kier alpha value is -8.56. The fraction of sp³-hybridized carbons (Fsp3) is 0.0938. The predicted octanol–water partition coefficient (Wildman–Crippen LogP) is 18.5. The lowest BCUT2D eigenvalue weighted by atomic mass is 9.90. The number of benzene rings is 9. The number of fused-ring (bicyclic) bond motifs is 3. The fourth-order valence-corrected chi connectivity index (χ4v) is 10.1. The van der Waals surface area contributed by atoms with Crippen LogP contribution in [0.25, 0.3) is 106 Å². The minimum atomic E-state index is -4.71. The van der Waals surface area contributed by atoms with E-state index in [0.717, 1.165) is 90.7 Å². The molecule has 0 atom stereocenters. The molecule has 73 heavy (non-hydrogen) atoms. The summed E-state index contributed by atoms with van der Waals surface area (Å²) >= 11 is 0. The first-order valence-electron chi connectivity index (χ1n) is 23.8. The standard InChI is InChI=1S/C64H45F6N3/c1-38-21-25-51(40(3)29-38)46-23-27-59-55(33-46)56-34-47(52-26-22-39(2)30-41(52)4)24-28-60(56)73(59)61-53(44-17-11-19-49(31-44)63(65,66)67)35-48(36-54(61)45-18-12-20-50(32-45)64(68,69)70)58-37-57(42-13-7-5-8-14-42)71-62(72-58)43-15-9-6-10-16-43/h5-37H,1-4H3. The summed E-state index contributed by atoms with van der Waals surface area (Å²) in [4.78, 5) is 10.1. The molecule has 0 amide bonds. The zero-order chi connectivity index (χ0) is 50.8. The van der Waals surface area contributed by atoms with Crippen LogP contribution < -0.4 is 0 Å². The molecule has 0 bridgehead atoms. The number of hydrogen-bond acceptors (Lipinski definition) is 2. The van der Waals surface area contributed by atoms with Crippen LogP contribution in [-0.2, 0) is 12.4 Å². The van der Waals surface area contributed by atoms with Gasteiger partial charge in [0.25, 0.3) is 0 Å². The second kappa shape index (κ2) is 18.2. The minimum absolute atomic E-state index is 0.203. The lowest BCUT2D eigenvalue weighted by Crippen LogP contribution is -2.07. The topological polar surface area (TPSA) is 30.7 Å². The molecule has 9 heteroatoms. The van der Waals surface area contributed by atoms with Crippen molar-refractivity contribution in [3.63, 3.8) is 0 Å². The number of rotatable bonds is 8. The molecule has 358 valence electrons. The Morgan fingerprint density at radius 1 is 0.342 bits per heavy atom. The summed E-state index contributed by atoms with van der Waals surface area (Å²) in [5.41, 5.74) is 12.5. The monoisotopic (exact) mass is 969 g/mol. The van der Waals surface area contributed by atoms with Crippen molar-refractivity contribution < 1.29 is 26.3 Å². The summed E-state index contributed by atoms with van der Waals surface area (Å²) in [6.45, 7) is 8.24. The molecule has 0 aliphatic heterocycles. The number of aromatic nitrogens is 3. The average Bonchev–Trinajstić information content (AvgIpc) is 3.71. The molecule has 0 aliphatic rings. The minimum Gasteiger partial charge on any atom is -0.308 e. The van der Waals surface area contributed by atoms with Crippen molar-refractivity contribution in [3.8, 4) is 84.1 Å². The van der Waals surface area contributed by atoms with Crippen LogP contribution in [0.15, 0.2) is 200 Å².